The Kier molecular flexibility index (Phi) is 34.2. The fraction of sp³-hybridized carbons (Fsp3) is 0.143. The second-order valence-corrected chi connectivity index (χ2v) is 34.7. The molecule has 2 aromatic carbocycles. The van der Waals surface area contributed by atoms with E-state index in [-0.39, 0.29) is 24.8 Å². The van der Waals surface area contributed by atoms with Crippen LogP contribution in [0.3, 0.4) is 0 Å². The Morgan fingerprint density at radius 2 is 0.829 bits per heavy atom. The minimum absolute atomic E-state index is 0.000377. The van der Waals surface area contributed by atoms with Gasteiger partial charge in [-0.2, -0.15) is 0 Å². The van der Waals surface area contributed by atoms with Crippen molar-refractivity contribution in [2.45, 2.75) is 54.6 Å². The number of pyridine rings is 6. The van der Waals surface area contributed by atoms with Gasteiger partial charge in [0.1, 0.15) is 86.4 Å². The van der Waals surface area contributed by atoms with Gasteiger partial charge >= 0.3 is 0 Å². The van der Waals surface area contributed by atoms with E-state index >= 15 is 0 Å². The number of aryl methyl sites for hydroxylation is 2. The van der Waals surface area contributed by atoms with Crippen LogP contribution < -0.4 is 50.8 Å². The summed E-state index contributed by atoms with van der Waals surface area (Å²) in [5.41, 5.74) is 57.8. The summed E-state index contributed by atoms with van der Waals surface area (Å²) in [7, 11) is 1.53. The lowest BCUT2D eigenvalue weighted by atomic mass is 10.1. The van der Waals surface area contributed by atoms with Crippen LogP contribution in [0.15, 0.2) is 276 Å². The number of carbonyl (C=O) groups excluding carboxylic acids is 1. The second kappa shape index (κ2) is 48.0. The molecular weight excluding hydrogens is 1930 g/mol. The normalized spacial score (nSPS) is 11.3. The first kappa shape index (κ1) is 99.8. The Bertz CT molecular complexity index is 7730. The summed E-state index contributed by atoms with van der Waals surface area (Å²) in [6.45, 7) is 23.5. The van der Waals surface area contributed by atoms with Gasteiger partial charge in [0.15, 0.2) is 63.6 Å². The first-order valence-corrected chi connectivity index (χ1v) is 47.8. The number of benzene rings is 2. The lowest BCUT2D eigenvalue weighted by Crippen LogP contribution is -2.39. The molecule has 0 bridgehead atoms. The smallest absolute Gasteiger partial charge is 0.240 e. The molecule has 16 N–H and O–H groups in total. The number of amides is 1. The van der Waals surface area contributed by atoms with Gasteiger partial charge < -0.3 is 74.1 Å². The first-order chi connectivity index (χ1) is 68.0. The van der Waals surface area contributed by atoms with Gasteiger partial charge in [0, 0.05) is 107 Å². The number of ether oxygens (including phenoxy) is 3. The average molecular weight is 2030 g/mol. The van der Waals surface area contributed by atoms with Crippen LogP contribution in [0.5, 0.6) is 0 Å². The number of nitrogens with two attached hydrogens (primary N) is 7. The molecule has 19 heterocycles. The molecule has 0 radical (unpaired) electrons. The topological polar surface area (TPSA) is 531 Å². The number of nitrogens with zero attached hydrogens (tertiary/aromatic N) is 23. The number of rotatable bonds is 19. The first-order valence-electron chi connectivity index (χ1n) is 43.2. The Morgan fingerprint density at radius 3 is 1.24 bits per heavy atom. The van der Waals surface area contributed by atoms with Crippen LogP contribution in [0.1, 0.15) is 38.1 Å². The highest BCUT2D eigenvalue weighted by atomic mass is 79.9. The third kappa shape index (κ3) is 24.8. The van der Waals surface area contributed by atoms with Crippen molar-refractivity contribution >= 4 is 183 Å². The van der Waals surface area contributed by atoms with Crippen LogP contribution in [0, 0.1) is 13.8 Å². The minimum Gasteiger partial charge on any atom is -0.493 e. The van der Waals surface area contributed by atoms with Gasteiger partial charge in [-0.1, -0.05) is 110 Å². The number of aliphatic imine (C=N–C) groups is 1. The molecule has 0 fully saturated rings. The molecule has 0 unspecified atom stereocenters. The van der Waals surface area contributed by atoms with Crippen molar-refractivity contribution in [3.8, 4) is 91.4 Å². The molecule has 36 nitrogen and oxygen atoms in total. The Balaban J connectivity index is 0.000000132. The zero-order chi connectivity index (χ0) is 98.7. The van der Waals surface area contributed by atoms with Crippen molar-refractivity contribution in [1.29, 1.82) is 0 Å². The van der Waals surface area contributed by atoms with Crippen molar-refractivity contribution in [1.82, 2.24) is 119 Å². The zero-order valence-corrected chi connectivity index (χ0v) is 82.3. The number of methoxy groups -OCH3 is 1. The number of anilines is 6. The number of halogens is 2. The molecule has 0 spiro atoms. The van der Waals surface area contributed by atoms with Gasteiger partial charge in [-0.15, -0.1) is 45.3 Å². The zero-order valence-electron chi connectivity index (χ0n) is 76.7. The monoisotopic (exact) mass is 2020 g/mol. The fourth-order valence-electron chi connectivity index (χ4n) is 13.4. The van der Waals surface area contributed by atoms with Crippen LogP contribution in [-0.4, -0.2) is 161 Å². The summed E-state index contributed by atoms with van der Waals surface area (Å²) in [6, 6.07) is 51.4. The molecule has 708 valence electrons. The van der Waals surface area contributed by atoms with E-state index in [1.54, 1.807) is 105 Å². The largest absolute Gasteiger partial charge is 0.493 e. The maximum Gasteiger partial charge on any atom is 0.240 e. The highest BCUT2D eigenvalue weighted by molar-refractivity contribution is 9.10. The maximum atomic E-state index is 12.4. The van der Waals surface area contributed by atoms with Gasteiger partial charge in [-0.05, 0) is 153 Å². The number of hydrogen-bond donors (Lipinski definition) is 9. The average Bonchev–Trinajstić information content (AvgIpc) is 1.68. The summed E-state index contributed by atoms with van der Waals surface area (Å²) < 4.78 is 22.8. The Hall–Kier alpha value is -16.2. The van der Waals surface area contributed by atoms with E-state index in [1.807, 2.05) is 192 Å². The predicted molar refractivity (Wildman–Crippen MR) is 565 cm³/mol. The van der Waals surface area contributed by atoms with E-state index < -0.39 is 0 Å². The Labute approximate surface area is 832 Å². The highest BCUT2D eigenvalue weighted by Crippen LogP contribution is 2.42. The van der Waals surface area contributed by atoms with Crippen LogP contribution in [0.2, 0.25) is 5.02 Å². The molecule has 18 aromatic heterocycles. The fourth-order valence-corrected chi connectivity index (χ4v) is 17.9. The van der Waals surface area contributed by atoms with E-state index in [4.69, 9.17) is 70.9 Å². The standard InChI is InChI=1S/C19H19N9O2.C17H11ClN4S.C17H12N4S.C13H13N7.C12H9BrN4S.C12H10N4S.2C4H10O/c1-11-13(30-2)7-22-14(25-11)8-23-15(29)9-28-10-24-19-16(28)17(20)26-18(27-19)12-5-3-4-6-21-12;18-12-6-2-1-5-10(12)11-9-23-15-14(11)21-17(22-16(15)19)13-7-3-4-8-20-13;18-16-15-14(12(10-22-15)11-6-2-1-3-7-11)20-17(21-16)13-8-4-5-9-19-13;1-8(14)6-20-7-17-13-10(20)11(15)18-12(19-13)9-4-2-3-5-16-9;1-6-8(13)9-10(18-6)11(14)17-12(16-9)7-4-2-3-5-15-7;1-7-6-17-10-9(7)15-12(16-11(10)13)8-4-2-3-5-14-8;2*1-3-5-4-2/h3-7,10H,1,8-9H2,2H3,(H,22,25)(H,23,29)(H2,20,26,27);1-9H,(H2,19,21,22);1-10H,(H2,18,20,21);2-5,7H,1,6,14H2,(H2,15,18,19);2-5H,1H3,(H2,14,16,17);2-6H,1H3,(H2,13,15,16);2*3-4H2,1-2H3. The summed E-state index contributed by atoms with van der Waals surface area (Å²) in [5.74, 6) is 6.41. The van der Waals surface area contributed by atoms with Crippen LogP contribution in [-0.2, 0) is 32.1 Å². The number of imidazole rings is 2. The van der Waals surface area contributed by atoms with Crippen molar-refractivity contribution in [3.05, 3.63) is 286 Å². The van der Waals surface area contributed by atoms with Gasteiger partial charge in [-0.3, -0.25) is 34.7 Å². The number of carbonyl (C=O) groups is 1. The SMILES string of the molecule is C=C(N)Cn1cnc2nc(-c3ccccn3)nc(N)c21.C=C1NC(CNC(=O)Cn2cnc3nc(-c4ccccn4)nc(N)c32)=NC=C1OC.CCOCC.CCOCC.Cc1csc2c(N)nc(-c3ccccn3)nc12.Cc1sc2c(N)nc(-c3ccccn3)nc2c1Br.Nc1nc(-c2ccccn2)nc2c(-c3ccccc3)csc12.Nc1nc(-c2ccccn2)nc2c(-c3ccccc3Cl)csc12. The number of fused-ring (bicyclic) bond motifs is 6. The molecule has 1 aliphatic heterocycles. The summed E-state index contributed by atoms with van der Waals surface area (Å²) in [4.78, 5) is 105. The molecule has 21 rings (SSSR count). The minimum atomic E-state index is -0.251. The second-order valence-electron chi connectivity index (χ2n) is 29.6. The van der Waals surface area contributed by atoms with E-state index in [2.05, 4.69) is 157 Å². The van der Waals surface area contributed by atoms with Crippen LogP contribution >= 0.6 is 72.9 Å². The summed E-state index contributed by atoms with van der Waals surface area (Å²) >= 11 is 16.1. The van der Waals surface area contributed by atoms with Crippen molar-refractivity contribution < 1.29 is 19.0 Å². The number of thiophene rings is 4. The van der Waals surface area contributed by atoms with Gasteiger partial charge in [0.05, 0.1) is 84.6 Å². The molecule has 42 heteroatoms. The molecule has 20 aromatic rings. The maximum absolute atomic E-state index is 12.4. The Morgan fingerprint density at radius 1 is 0.450 bits per heavy atom. The third-order valence-electron chi connectivity index (χ3n) is 19.9. The molecule has 1 aliphatic rings. The molecule has 0 aliphatic carbocycles. The van der Waals surface area contributed by atoms with E-state index in [0.29, 0.717) is 138 Å². The van der Waals surface area contributed by atoms with E-state index in [0.717, 1.165) is 122 Å². The van der Waals surface area contributed by atoms with Crippen molar-refractivity contribution in [3.63, 3.8) is 0 Å². The van der Waals surface area contributed by atoms with Crippen molar-refractivity contribution in [2.75, 3.05) is 74.5 Å². The molecule has 0 saturated heterocycles. The number of aromatic nitrogens is 22. The lowest BCUT2D eigenvalue weighted by Gasteiger charge is -2.17. The van der Waals surface area contributed by atoms with Crippen LogP contribution in [0.4, 0.5) is 34.9 Å². The molecular formula is C98H94BrClN32O4S4. The molecule has 0 saturated carbocycles. The number of nitrogen functional groups attached to an aromatic ring is 6. The summed E-state index contributed by atoms with van der Waals surface area (Å²) in [5, 5.41) is 12.6. The predicted octanol–water partition coefficient (Wildman–Crippen LogP) is 18.3. The van der Waals surface area contributed by atoms with Crippen LogP contribution in [0.25, 0.3) is 155 Å². The summed E-state index contributed by atoms with van der Waals surface area (Å²) in [6.07, 6.45) is 14.9. The van der Waals surface area contributed by atoms with Crippen molar-refractivity contribution in [2.24, 2.45) is 10.7 Å². The number of hydrogen-bond acceptors (Lipinski definition) is 37. The van der Waals surface area contributed by atoms with Gasteiger partial charge in [-0.25, -0.2) is 74.8 Å². The van der Waals surface area contributed by atoms with E-state index in [1.165, 1.54) is 24.8 Å². The molecule has 0 atom stereocenters. The quantitative estimate of drug-likeness (QED) is 0.0363. The van der Waals surface area contributed by atoms with E-state index in [9.17, 15) is 4.79 Å². The lowest BCUT2D eigenvalue weighted by molar-refractivity contribution is -0.121. The molecule has 140 heavy (non-hydrogen) atoms. The highest BCUT2D eigenvalue weighted by Gasteiger charge is 2.23. The third-order valence-corrected chi connectivity index (χ3v) is 25.7. The number of amidine groups is 1. The number of nitrogens with one attached hydrogen (secondary N) is 2. The number of allylic oxidation sites excluding steroid dienone is 1. The van der Waals surface area contributed by atoms with Gasteiger partial charge in [0.2, 0.25) is 5.91 Å². The van der Waals surface area contributed by atoms with Gasteiger partial charge in [0.25, 0.3) is 0 Å². The molecule has 1 amide bonds.